The molecule has 2 aromatic carbocycles. The van der Waals surface area contributed by atoms with Crippen LogP contribution in [-0.4, -0.2) is 4.98 Å². The van der Waals surface area contributed by atoms with Crippen LogP contribution in [0.25, 0.3) is 0 Å². The highest BCUT2D eigenvalue weighted by Gasteiger charge is 2.14. The molecule has 0 amide bonds. The average Bonchev–Trinajstić information content (AvgIpc) is 2.59. The van der Waals surface area contributed by atoms with Crippen LogP contribution in [0.5, 0.6) is 0 Å². The van der Waals surface area contributed by atoms with E-state index in [1.165, 1.54) is 11.1 Å². The molecule has 4 nitrogen and oxygen atoms in total. The number of nitrogen functional groups attached to an aromatic ring is 2. The minimum Gasteiger partial charge on any atom is -0.397 e. The molecular weight excluding hydrogens is 284 g/mol. The van der Waals surface area contributed by atoms with Gasteiger partial charge in [-0.2, -0.15) is 0 Å². The van der Waals surface area contributed by atoms with Crippen molar-refractivity contribution < 1.29 is 0 Å². The number of rotatable bonds is 5. The van der Waals surface area contributed by atoms with Crippen LogP contribution in [0.2, 0.25) is 0 Å². The highest BCUT2D eigenvalue weighted by atomic mass is 15.2. The van der Waals surface area contributed by atoms with Gasteiger partial charge in [0.05, 0.1) is 11.4 Å². The van der Waals surface area contributed by atoms with Crippen molar-refractivity contribution in [1.29, 1.82) is 0 Å². The van der Waals surface area contributed by atoms with Crippen LogP contribution in [0.1, 0.15) is 11.1 Å². The Hall–Kier alpha value is -3.01. The first-order chi connectivity index (χ1) is 11.2. The van der Waals surface area contributed by atoms with Gasteiger partial charge in [-0.3, -0.25) is 0 Å². The molecule has 0 aliphatic carbocycles. The summed E-state index contributed by atoms with van der Waals surface area (Å²) in [7, 11) is 0. The third-order valence-corrected chi connectivity index (χ3v) is 3.73. The lowest BCUT2D eigenvalue weighted by atomic mass is 10.1. The van der Waals surface area contributed by atoms with Crippen LogP contribution >= 0.6 is 0 Å². The Labute approximate surface area is 136 Å². The van der Waals surface area contributed by atoms with Gasteiger partial charge in [-0.15, -0.1) is 0 Å². The van der Waals surface area contributed by atoms with Crippen LogP contribution in [0.4, 0.5) is 17.2 Å². The molecule has 0 aliphatic rings. The van der Waals surface area contributed by atoms with Gasteiger partial charge in [-0.1, -0.05) is 60.7 Å². The average molecular weight is 304 g/mol. The third kappa shape index (κ3) is 3.61. The van der Waals surface area contributed by atoms with E-state index in [1.54, 1.807) is 12.3 Å². The van der Waals surface area contributed by atoms with Gasteiger partial charge in [0, 0.05) is 19.3 Å². The van der Waals surface area contributed by atoms with E-state index in [9.17, 15) is 0 Å². The molecule has 1 aromatic heterocycles. The molecule has 0 unspecified atom stereocenters. The number of pyridine rings is 1. The summed E-state index contributed by atoms with van der Waals surface area (Å²) in [5.74, 6) is 0.720. The summed E-state index contributed by atoms with van der Waals surface area (Å²) in [6.07, 6.45) is 1.70. The number of anilines is 3. The van der Waals surface area contributed by atoms with E-state index in [1.807, 2.05) is 36.4 Å². The molecule has 3 rings (SSSR count). The van der Waals surface area contributed by atoms with Crippen molar-refractivity contribution >= 4 is 17.2 Å². The summed E-state index contributed by atoms with van der Waals surface area (Å²) in [4.78, 5) is 6.60. The molecule has 0 atom stereocenters. The summed E-state index contributed by atoms with van der Waals surface area (Å²) >= 11 is 0. The first-order valence-corrected chi connectivity index (χ1v) is 7.57. The maximum Gasteiger partial charge on any atom is 0.154 e. The molecule has 4 N–H and O–H groups in total. The Kier molecular flexibility index (Phi) is 4.43. The van der Waals surface area contributed by atoms with Gasteiger partial charge < -0.3 is 16.4 Å². The molecule has 1 heterocycles. The highest BCUT2D eigenvalue weighted by molar-refractivity contribution is 5.76. The van der Waals surface area contributed by atoms with Crippen LogP contribution in [0, 0.1) is 0 Å². The Balaban J connectivity index is 1.94. The number of nitrogens with zero attached hydrogens (tertiary/aromatic N) is 2. The topological polar surface area (TPSA) is 68.2 Å². The highest BCUT2D eigenvalue weighted by Crippen LogP contribution is 2.28. The Morgan fingerprint density at radius 3 is 1.78 bits per heavy atom. The van der Waals surface area contributed by atoms with Gasteiger partial charge >= 0.3 is 0 Å². The van der Waals surface area contributed by atoms with Gasteiger partial charge in [-0.25, -0.2) is 4.98 Å². The van der Waals surface area contributed by atoms with Crippen LogP contribution < -0.4 is 16.4 Å². The minimum absolute atomic E-state index is 0.527. The lowest BCUT2D eigenvalue weighted by molar-refractivity contribution is 0.785. The number of nitrogens with two attached hydrogens (primary N) is 2. The van der Waals surface area contributed by atoms with Gasteiger partial charge in [0.15, 0.2) is 5.82 Å². The SMILES string of the molecule is Nc1ccnc(N(Cc2ccccc2)Cc2ccccc2)c1N. The largest absolute Gasteiger partial charge is 0.397 e. The predicted octanol–water partition coefficient (Wildman–Crippen LogP) is 3.45. The fraction of sp³-hybridized carbons (Fsp3) is 0.105. The number of benzene rings is 2. The zero-order valence-electron chi connectivity index (χ0n) is 12.9. The first kappa shape index (κ1) is 14.9. The summed E-state index contributed by atoms with van der Waals surface area (Å²) in [5.41, 5.74) is 15.6. The van der Waals surface area contributed by atoms with E-state index in [0.29, 0.717) is 11.4 Å². The van der Waals surface area contributed by atoms with Gasteiger partial charge in [0.1, 0.15) is 0 Å². The number of hydrogen-bond acceptors (Lipinski definition) is 4. The molecular formula is C19H20N4. The standard InChI is InChI=1S/C19H20N4/c20-17-11-12-22-19(18(17)21)23(13-15-7-3-1-4-8-15)14-16-9-5-2-6-10-16/h1-12H,13-14,21H2,(H2,20,22). The Morgan fingerprint density at radius 1 is 0.739 bits per heavy atom. The molecule has 116 valence electrons. The fourth-order valence-electron chi connectivity index (χ4n) is 2.54. The van der Waals surface area contributed by atoms with Crippen molar-refractivity contribution in [2.24, 2.45) is 0 Å². The van der Waals surface area contributed by atoms with E-state index in [2.05, 4.69) is 34.1 Å². The molecule has 0 fully saturated rings. The molecule has 0 spiro atoms. The van der Waals surface area contributed by atoms with Gasteiger partial charge in [-0.05, 0) is 17.2 Å². The normalized spacial score (nSPS) is 10.4. The van der Waals surface area contributed by atoms with E-state index in [4.69, 9.17) is 11.5 Å². The Bertz CT molecular complexity index is 715. The zero-order chi connectivity index (χ0) is 16.1. The molecule has 0 radical (unpaired) electrons. The second-order valence-electron chi connectivity index (χ2n) is 5.46. The lowest BCUT2D eigenvalue weighted by Gasteiger charge is -2.25. The second-order valence-corrected chi connectivity index (χ2v) is 5.46. The summed E-state index contributed by atoms with van der Waals surface area (Å²) in [5, 5.41) is 0. The maximum absolute atomic E-state index is 6.16. The molecule has 3 aromatic rings. The van der Waals surface area contributed by atoms with Gasteiger partial charge in [0.25, 0.3) is 0 Å². The van der Waals surface area contributed by atoms with E-state index >= 15 is 0 Å². The molecule has 4 heteroatoms. The van der Waals surface area contributed by atoms with Crippen molar-refractivity contribution in [2.45, 2.75) is 13.1 Å². The van der Waals surface area contributed by atoms with Crippen LogP contribution in [-0.2, 0) is 13.1 Å². The molecule has 0 saturated carbocycles. The predicted molar refractivity (Wildman–Crippen MR) is 95.8 cm³/mol. The number of aromatic nitrogens is 1. The third-order valence-electron chi connectivity index (χ3n) is 3.73. The summed E-state index contributed by atoms with van der Waals surface area (Å²) in [6, 6.07) is 22.3. The van der Waals surface area contributed by atoms with Crippen molar-refractivity contribution in [3.63, 3.8) is 0 Å². The van der Waals surface area contributed by atoms with Crippen LogP contribution in [0.3, 0.4) is 0 Å². The van der Waals surface area contributed by atoms with Crippen molar-refractivity contribution in [1.82, 2.24) is 4.98 Å². The molecule has 23 heavy (non-hydrogen) atoms. The second kappa shape index (κ2) is 6.83. The quantitative estimate of drug-likeness (QED) is 0.757. The lowest BCUT2D eigenvalue weighted by Crippen LogP contribution is -2.24. The first-order valence-electron chi connectivity index (χ1n) is 7.57. The van der Waals surface area contributed by atoms with Crippen LogP contribution in [0.15, 0.2) is 72.9 Å². The maximum atomic E-state index is 6.16. The van der Waals surface area contributed by atoms with Crippen molar-refractivity contribution in [3.8, 4) is 0 Å². The minimum atomic E-state index is 0.527. The summed E-state index contributed by atoms with van der Waals surface area (Å²) in [6.45, 7) is 1.44. The summed E-state index contributed by atoms with van der Waals surface area (Å²) < 4.78 is 0. The molecule has 0 saturated heterocycles. The Morgan fingerprint density at radius 2 is 1.26 bits per heavy atom. The monoisotopic (exact) mass is 304 g/mol. The fourth-order valence-corrected chi connectivity index (χ4v) is 2.54. The van der Waals surface area contributed by atoms with Gasteiger partial charge in [0.2, 0.25) is 0 Å². The van der Waals surface area contributed by atoms with E-state index < -0.39 is 0 Å². The van der Waals surface area contributed by atoms with E-state index in [0.717, 1.165) is 18.9 Å². The molecule has 0 aliphatic heterocycles. The van der Waals surface area contributed by atoms with E-state index in [-0.39, 0.29) is 0 Å². The van der Waals surface area contributed by atoms with Crippen molar-refractivity contribution in [3.05, 3.63) is 84.1 Å². The molecule has 0 bridgehead atoms. The zero-order valence-corrected chi connectivity index (χ0v) is 12.9. The van der Waals surface area contributed by atoms with Crippen molar-refractivity contribution in [2.75, 3.05) is 16.4 Å². The number of hydrogen-bond donors (Lipinski definition) is 2. The smallest absolute Gasteiger partial charge is 0.154 e.